The molecule has 120 valence electrons. The van der Waals surface area contributed by atoms with E-state index in [1.165, 1.54) is 0 Å². The van der Waals surface area contributed by atoms with Crippen LogP contribution in [-0.2, 0) is 27.9 Å². The fourth-order valence-electron chi connectivity index (χ4n) is 2.84. The van der Waals surface area contributed by atoms with Crippen LogP contribution < -0.4 is 0 Å². The summed E-state index contributed by atoms with van der Waals surface area (Å²) in [5, 5.41) is 12.3. The van der Waals surface area contributed by atoms with Gasteiger partial charge in [0, 0.05) is 45.1 Å². The lowest BCUT2D eigenvalue weighted by molar-refractivity contribution is -0.110. The number of methoxy groups -OCH3 is 1. The highest BCUT2D eigenvalue weighted by atomic mass is 16.5. The van der Waals surface area contributed by atoms with Crippen LogP contribution >= 0.6 is 0 Å². The molecular weight excluding hydrogens is 286 g/mol. The van der Waals surface area contributed by atoms with Crippen LogP contribution in [0.2, 0.25) is 0 Å². The van der Waals surface area contributed by atoms with Crippen molar-refractivity contribution in [3.05, 3.63) is 28.8 Å². The van der Waals surface area contributed by atoms with Crippen LogP contribution in [0.4, 0.5) is 0 Å². The third kappa shape index (κ3) is 2.78. The van der Waals surface area contributed by atoms with Crippen molar-refractivity contribution in [3.63, 3.8) is 0 Å². The standard InChI is InChI=1S/C15H21N3O4/c1-10-12(11(2)22-18-10)4-5-13-16-17-14(21-13)15(19-3)6-8-20-9-7-15/h4-9H2,1-3H3. The van der Waals surface area contributed by atoms with Crippen molar-refractivity contribution >= 4 is 0 Å². The Balaban J connectivity index is 1.71. The minimum absolute atomic E-state index is 0.507. The smallest absolute Gasteiger partial charge is 0.248 e. The third-order valence-corrected chi connectivity index (χ3v) is 4.32. The molecule has 7 heteroatoms. The summed E-state index contributed by atoms with van der Waals surface area (Å²) in [6.45, 7) is 5.14. The second-order valence-corrected chi connectivity index (χ2v) is 5.61. The molecule has 0 saturated carbocycles. The first-order valence-corrected chi connectivity index (χ1v) is 7.52. The maximum Gasteiger partial charge on any atom is 0.248 e. The number of hydrogen-bond donors (Lipinski definition) is 0. The Hall–Kier alpha value is -1.73. The van der Waals surface area contributed by atoms with E-state index in [4.69, 9.17) is 18.4 Å². The Kier molecular flexibility index (Phi) is 4.26. The summed E-state index contributed by atoms with van der Waals surface area (Å²) in [7, 11) is 1.68. The zero-order valence-corrected chi connectivity index (χ0v) is 13.2. The van der Waals surface area contributed by atoms with Crippen molar-refractivity contribution in [3.8, 4) is 0 Å². The molecule has 1 aliphatic heterocycles. The van der Waals surface area contributed by atoms with Gasteiger partial charge in [-0.15, -0.1) is 10.2 Å². The summed E-state index contributed by atoms with van der Waals surface area (Å²) in [5.41, 5.74) is 1.51. The van der Waals surface area contributed by atoms with Crippen molar-refractivity contribution in [1.29, 1.82) is 0 Å². The molecule has 0 radical (unpaired) electrons. The van der Waals surface area contributed by atoms with E-state index in [1.54, 1.807) is 7.11 Å². The first kappa shape index (κ1) is 15.2. The van der Waals surface area contributed by atoms with Gasteiger partial charge in [0.15, 0.2) is 0 Å². The van der Waals surface area contributed by atoms with E-state index in [0.717, 1.165) is 36.3 Å². The largest absolute Gasteiger partial charge is 0.422 e. The molecule has 3 heterocycles. The predicted octanol–water partition coefficient (Wildman–Crippen LogP) is 2.11. The SMILES string of the molecule is COC1(c2nnc(CCc3c(C)noc3C)o2)CCOCC1. The highest BCUT2D eigenvalue weighted by Crippen LogP contribution is 2.34. The number of ether oxygens (including phenoxy) is 2. The van der Waals surface area contributed by atoms with Gasteiger partial charge in [-0.2, -0.15) is 0 Å². The molecule has 0 N–H and O–H groups in total. The molecule has 3 rings (SSSR count). The van der Waals surface area contributed by atoms with Crippen LogP contribution in [0, 0.1) is 13.8 Å². The van der Waals surface area contributed by atoms with Crippen molar-refractivity contribution in [2.24, 2.45) is 0 Å². The summed E-state index contributed by atoms with van der Waals surface area (Å²) < 4.78 is 22.1. The van der Waals surface area contributed by atoms with Crippen LogP contribution in [0.3, 0.4) is 0 Å². The Morgan fingerprint density at radius 1 is 1.14 bits per heavy atom. The van der Waals surface area contributed by atoms with Crippen molar-refractivity contribution < 1.29 is 18.4 Å². The van der Waals surface area contributed by atoms with E-state index in [-0.39, 0.29) is 0 Å². The number of rotatable bonds is 5. The quantitative estimate of drug-likeness (QED) is 0.836. The van der Waals surface area contributed by atoms with Crippen molar-refractivity contribution in [2.45, 2.75) is 45.1 Å². The third-order valence-electron chi connectivity index (χ3n) is 4.32. The number of hydrogen-bond acceptors (Lipinski definition) is 7. The zero-order valence-electron chi connectivity index (χ0n) is 13.2. The van der Waals surface area contributed by atoms with Gasteiger partial charge in [0.2, 0.25) is 11.8 Å². The van der Waals surface area contributed by atoms with Gasteiger partial charge < -0.3 is 18.4 Å². The monoisotopic (exact) mass is 307 g/mol. The van der Waals surface area contributed by atoms with E-state index in [1.807, 2.05) is 13.8 Å². The molecule has 0 bridgehead atoms. The van der Waals surface area contributed by atoms with Gasteiger partial charge in [-0.05, 0) is 20.3 Å². The Morgan fingerprint density at radius 3 is 2.55 bits per heavy atom. The average Bonchev–Trinajstić information content (AvgIpc) is 3.14. The number of aromatic nitrogens is 3. The first-order chi connectivity index (χ1) is 10.6. The van der Waals surface area contributed by atoms with Crippen LogP contribution in [-0.4, -0.2) is 35.7 Å². The average molecular weight is 307 g/mol. The fraction of sp³-hybridized carbons (Fsp3) is 0.667. The van der Waals surface area contributed by atoms with Gasteiger partial charge in [0.05, 0.1) is 5.69 Å². The second-order valence-electron chi connectivity index (χ2n) is 5.61. The molecular formula is C15H21N3O4. The molecule has 0 amide bonds. The Bertz CT molecular complexity index is 609. The number of nitrogens with zero attached hydrogens (tertiary/aromatic N) is 3. The molecule has 2 aromatic rings. The van der Waals surface area contributed by atoms with E-state index < -0.39 is 5.60 Å². The zero-order chi connectivity index (χ0) is 15.6. The summed E-state index contributed by atoms with van der Waals surface area (Å²) in [6.07, 6.45) is 2.89. The fourth-order valence-corrected chi connectivity index (χ4v) is 2.84. The minimum atomic E-state index is -0.507. The molecule has 7 nitrogen and oxygen atoms in total. The summed E-state index contributed by atoms with van der Waals surface area (Å²) in [4.78, 5) is 0. The van der Waals surface area contributed by atoms with Gasteiger partial charge in [-0.25, -0.2) is 0 Å². The van der Waals surface area contributed by atoms with Crippen LogP contribution in [0.5, 0.6) is 0 Å². The van der Waals surface area contributed by atoms with Gasteiger partial charge in [-0.3, -0.25) is 0 Å². The van der Waals surface area contributed by atoms with E-state index in [2.05, 4.69) is 15.4 Å². The summed E-state index contributed by atoms with van der Waals surface area (Å²) in [5.74, 6) is 2.00. The van der Waals surface area contributed by atoms with E-state index in [0.29, 0.717) is 31.4 Å². The lowest BCUT2D eigenvalue weighted by Gasteiger charge is -2.32. The molecule has 0 aromatic carbocycles. The molecule has 0 aliphatic carbocycles. The molecule has 1 saturated heterocycles. The van der Waals surface area contributed by atoms with E-state index >= 15 is 0 Å². The molecule has 22 heavy (non-hydrogen) atoms. The van der Waals surface area contributed by atoms with Gasteiger partial charge in [0.1, 0.15) is 11.4 Å². The Labute approximate surface area is 129 Å². The molecule has 0 atom stereocenters. The van der Waals surface area contributed by atoms with Crippen LogP contribution in [0.25, 0.3) is 0 Å². The van der Waals surface area contributed by atoms with Gasteiger partial charge in [0.25, 0.3) is 0 Å². The second kappa shape index (κ2) is 6.18. The van der Waals surface area contributed by atoms with Crippen molar-refractivity contribution in [2.75, 3.05) is 20.3 Å². The lowest BCUT2D eigenvalue weighted by Crippen LogP contribution is -2.36. The highest BCUT2D eigenvalue weighted by Gasteiger charge is 2.39. The summed E-state index contributed by atoms with van der Waals surface area (Å²) in [6, 6.07) is 0. The topological polar surface area (TPSA) is 83.4 Å². The molecule has 0 spiro atoms. The molecule has 2 aromatic heterocycles. The Morgan fingerprint density at radius 2 is 1.91 bits per heavy atom. The maximum absolute atomic E-state index is 5.84. The first-order valence-electron chi connectivity index (χ1n) is 7.52. The molecule has 0 unspecified atom stereocenters. The lowest BCUT2D eigenvalue weighted by atomic mass is 9.94. The van der Waals surface area contributed by atoms with E-state index in [9.17, 15) is 0 Å². The van der Waals surface area contributed by atoms with Gasteiger partial charge in [-0.1, -0.05) is 5.16 Å². The molecule has 1 fully saturated rings. The maximum atomic E-state index is 5.84. The minimum Gasteiger partial charge on any atom is -0.422 e. The predicted molar refractivity (Wildman–Crippen MR) is 76.4 cm³/mol. The summed E-state index contributed by atoms with van der Waals surface area (Å²) >= 11 is 0. The molecule has 1 aliphatic rings. The van der Waals surface area contributed by atoms with Crippen molar-refractivity contribution in [1.82, 2.24) is 15.4 Å². The van der Waals surface area contributed by atoms with Gasteiger partial charge >= 0.3 is 0 Å². The van der Waals surface area contributed by atoms with Crippen LogP contribution in [0.15, 0.2) is 8.94 Å². The number of aryl methyl sites for hydroxylation is 3. The van der Waals surface area contributed by atoms with Crippen LogP contribution in [0.1, 0.15) is 41.6 Å². The normalized spacial score (nSPS) is 17.8. The highest BCUT2D eigenvalue weighted by molar-refractivity contribution is 5.21.